The molecule has 2 heterocycles. The Morgan fingerprint density at radius 3 is 3.17 bits per heavy atom. The van der Waals surface area contributed by atoms with E-state index in [0.717, 1.165) is 44.0 Å². The molecule has 1 aliphatic heterocycles. The number of nitrogens with one attached hydrogen (secondary N) is 1. The molecule has 0 radical (unpaired) electrons. The number of ether oxygens (including phenoxy) is 1. The molecule has 0 spiro atoms. The molecule has 1 aromatic rings. The first-order valence-corrected chi connectivity index (χ1v) is 6.70. The van der Waals surface area contributed by atoms with Crippen molar-refractivity contribution in [2.75, 3.05) is 31.2 Å². The van der Waals surface area contributed by atoms with E-state index in [9.17, 15) is 0 Å². The minimum absolute atomic E-state index is 0.383. The van der Waals surface area contributed by atoms with Gasteiger partial charge in [0, 0.05) is 25.3 Å². The molecule has 18 heavy (non-hydrogen) atoms. The highest BCUT2D eigenvalue weighted by molar-refractivity contribution is 5.39. The molecule has 1 unspecified atom stereocenters. The second-order valence-electron chi connectivity index (χ2n) is 5.07. The zero-order valence-corrected chi connectivity index (χ0v) is 10.8. The number of anilines is 1. The van der Waals surface area contributed by atoms with Gasteiger partial charge in [0.1, 0.15) is 11.6 Å². The van der Waals surface area contributed by atoms with Gasteiger partial charge in [0.25, 0.3) is 0 Å². The second-order valence-corrected chi connectivity index (χ2v) is 5.07. The quantitative estimate of drug-likeness (QED) is 0.852. The first-order chi connectivity index (χ1) is 8.83. The zero-order chi connectivity index (χ0) is 12.4. The SMILES string of the molecule is Cc1nccc(N2CCOCC2CNC2CC2)n1. The summed E-state index contributed by atoms with van der Waals surface area (Å²) < 4.78 is 5.59. The van der Waals surface area contributed by atoms with Crippen LogP contribution in [0.3, 0.4) is 0 Å². The lowest BCUT2D eigenvalue weighted by atomic mass is 10.2. The first-order valence-electron chi connectivity index (χ1n) is 6.70. The lowest BCUT2D eigenvalue weighted by molar-refractivity contribution is 0.0932. The van der Waals surface area contributed by atoms with Crippen molar-refractivity contribution in [3.63, 3.8) is 0 Å². The number of hydrogen-bond donors (Lipinski definition) is 1. The van der Waals surface area contributed by atoms with Crippen molar-refractivity contribution in [1.29, 1.82) is 0 Å². The summed E-state index contributed by atoms with van der Waals surface area (Å²) in [5, 5.41) is 3.58. The standard InChI is InChI=1S/C13H20N4O/c1-10-14-5-4-13(16-10)17-6-7-18-9-12(17)8-15-11-2-3-11/h4-5,11-12,15H,2-3,6-9H2,1H3. The number of morpholine rings is 1. The molecule has 1 saturated heterocycles. The fourth-order valence-corrected chi connectivity index (χ4v) is 2.32. The summed E-state index contributed by atoms with van der Waals surface area (Å²) in [6.45, 7) is 5.38. The minimum Gasteiger partial charge on any atom is -0.377 e. The fourth-order valence-electron chi connectivity index (χ4n) is 2.32. The van der Waals surface area contributed by atoms with E-state index in [1.54, 1.807) is 0 Å². The maximum atomic E-state index is 5.59. The molecular formula is C13H20N4O. The maximum Gasteiger partial charge on any atom is 0.132 e. The fraction of sp³-hybridized carbons (Fsp3) is 0.692. The lowest BCUT2D eigenvalue weighted by Gasteiger charge is -2.36. The maximum absolute atomic E-state index is 5.59. The normalized spacial score (nSPS) is 24.3. The van der Waals surface area contributed by atoms with Crippen LogP contribution in [0.15, 0.2) is 12.3 Å². The summed E-state index contributed by atoms with van der Waals surface area (Å²) >= 11 is 0. The molecule has 3 rings (SSSR count). The van der Waals surface area contributed by atoms with Gasteiger partial charge in [-0.1, -0.05) is 0 Å². The third-order valence-electron chi connectivity index (χ3n) is 3.50. The van der Waals surface area contributed by atoms with Crippen molar-refractivity contribution >= 4 is 5.82 Å². The van der Waals surface area contributed by atoms with Crippen LogP contribution < -0.4 is 10.2 Å². The molecule has 0 amide bonds. The molecule has 2 aliphatic rings. The topological polar surface area (TPSA) is 50.3 Å². The van der Waals surface area contributed by atoms with Gasteiger partial charge in [0.15, 0.2) is 0 Å². The van der Waals surface area contributed by atoms with E-state index in [1.165, 1.54) is 12.8 Å². The molecule has 98 valence electrons. The van der Waals surface area contributed by atoms with Crippen LogP contribution in [0.2, 0.25) is 0 Å². The largest absolute Gasteiger partial charge is 0.377 e. The van der Waals surface area contributed by atoms with Crippen molar-refractivity contribution in [2.24, 2.45) is 0 Å². The van der Waals surface area contributed by atoms with E-state index in [-0.39, 0.29) is 0 Å². The molecule has 1 atom stereocenters. The minimum atomic E-state index is 0.383. The Kier molecular flexibility index (Phi) is 3.43. The molecule has 1 saturated carbocycles. The molecule has 1 N–H and O–H groups in total. The smallest absolute Gasteiger partial charge is 0.132 e. The van der Waals surface area contributed by atoms with E-state index in [0.29, 0.717) is 6.04 Å². The molecule has 2 fully saturated rings. The Balaban J connectivity index is 1.69. The van der Waals surface area contributed by atoms with Gasteiger partial charge >= 0.3 is 0 Å². The molecule has 0 aromatic carbocycles. The first kappa shape index (κ1) is 11.9. The summed E-state index contributed by atoms with van der Waals surface area (Å²) in [6, 6.07) is 3.11. The van der Waals surface area contributed by atoms with Gasteiger partial charge in [-0.25, -0.2) is 9.97 Å². The number of rotatable bonds is 4. The van der Waals surface area contributed by atoms with Gasteiger partial charge in [-0.2, -0.15) is 0 Å². The molecule has 0 bridgehead atoms. The molecule has 5 nitrogen and oxygen atoms in total. The highest BCUT2D eigenvalue weighted by atomic mass is 16.5. The van der Waals surface area contributed by atoms with Crippen molar-refractivity contribution in [3.8, 4) is 0 Å². The summed E-state index contributed by atoms with van der Waals surface area (Å²) in [7, 11) is 0. The Morgan fingerprint density at radius 1 is 1.50 bits per heavy atom. The molecular weight excluding hydrogens is 228 g/mol. The van der Waals surface area contributed by atoms with Gasteiger partial charge in [-0.15, -0.1) is 0 Å². The van der Waals surface area contributed by atoms with E-state index >= 15 is 0 Å². The van der Waals surface area contributed by atoms with Gasteiger partial charge in [0.05, 0.1) is 19.3 Å². The summed E-state index contributed by atoms with van der Waals surface area (Å²) in [5.41, 5.74) is 0. The van der Waals surface area contributed by atoms with Gasteiger partial charge < -0.3 is 15.0 Å². The predicted molar refractivity (Wildman–Crippen MR) is 69.7 cm³/mol. The molecule has 1 aliphatic carbocycles. The molecule has 1 aromatic heterocycles. The van der Waals surface area contributed by atoms with Gasteiger partial charge in [0.2, 0.25) is 0 Å². The Labute approximate surface area is 108 Å². The highest BCUT2D eigenvalue weighted by Crippen LogP contribution is 2.20. The Hall–Kier alpha value is -1.20. The zero-order valence-electron chi connectivity index (χ0n) is 10.8. The summed E-state index contributed by atoms with van der Waals surface area (Å²) in [6.07, 6.45) is 4.47. The second kappa shape index (κ2) is 5.20. The van der Waals surface area contributed by atoms with Crippen LogP contribution in [0.25, 0.3) is 0 Å². The van der Waals surface area contributed by atoms with Crippen LogP contribution in [0.4, 0.5) is 5.82 Å². The van der Waals surface area contributed by atoms with E-state index in [2.05, 4.69) is 20.2 Å². The number of aryl methyl sites for hydroxylation is 1. The third-order valence-corrected chi connectivity index (χ3v) is 3.50. The van der Waals surface area contributed by atoms with E-state index < -0.39 is 0 Å². The van der Waals surface area contributed by atoms with Crippen molar-refractivity contribution in [3.05, 3.63) is 18.1 Å². The van der Waals surface area contributed by atoms with Crippen molar-refractivity contribution in [2.45, 2.75) is 31.8 Å². The van der Waals surface area contributed by atoms with Crippen LogP contribution in [0.1, 0.15) is 18.7 Å². The van der Waals surface area contributed by atoms with Crippen molar-refractivity contribution in [1.82, 2.24) is 15.3 Å². The van der Waals surface area contributed by atoms with Crippen LogP contribution in [-0.4, -0.2) is 48.4 Å². The summed E-state index contributed by atoms with van der Waals surface area (Å²) in [5.74, 6) is 1.85. The number of nitrogens with zero attached hydrogens (tertiary/aromatic N) is 3. The van der Waals surface area contributed by atoms with Crippen LogP contribution in [-0.2, 0) is 4.74 Å². The number of aromatic nitrogens is 2. The Bertz CT molecular complexity index is 408. The number of hydrogen-bond acceptors (Lipinski definition) is 5. The highest BCUT2D eigenvalue weighted by Gasteiger charge is 2.27. The third kappa shape index (κ3) is 2.79. The Morgan fingerprint density at radius 2 is 2.39 bits per heavy atom. The lowest BCUT2D eigenvalue weighted by Crippen LogP contribution is -2.51. The van der Waals surface area contributed by atoms with Crippen LogP contribution in [0, 0.1) is 6.92 Å². The predicted octanol–water partition coefficient (Wildman–Crippen LogP) is 0.742. The van der Waals surface area contributed by atoms with Crippen LogP contribution >= 0.6 is 0 Å². The van der Waals surface area contributed by atoms with Gasteiger partial charge in [-0.05, 0) is 25.8 Å². The molecule has 5 heteroatoms. The van der Waals surface area contributed by atoms with Crippen LogP contribution in [0.5, 0.6) is 0 Å². The van der Waals surface area contributed by atoms with E-state index in [1.807, 2.05) is 19.2 Å². The average Bonchev–Trinajstić information content (AvgIpc) is 3.21. The average molecular weight is 248 g/mol. The van der Waals surface area contributed by atoms with E-state index in [4.69, 9.17) is 4.74 Å². The van der Waals surface area contributed by atoms with Gasteiger partial charge in [-0.3, -0.25) is 0 Å². The summed E-state index contributed by atoms with van der Waals surface area (Å²) in [4.78, 5) is 11.0. The monoisotopic (exact) mass is 248 g/mol. The van der Waals surface area contributed by atoms with Crippen molar-refractivity contribution < 1.29 is 4.74 Å².